The number of aromatic carboxylic acids is 1. The van der Waals surface area contributed by atoms with E-state index in [1.165, 1.54) is 0 Å². The Bertz CT molecular complexity index is 2740. The fraction of sp³-hybridized carbons (Fsp3) is 0.100. The molecule has 2 aliphatic rings. The Labute approximate surface area is 323 Å². The van der Waals surface area contributed by atoms with Gasteiger partial charge in [0.2, 0.25) is 32.8 Å². The van der Waals surface area contributed by atoms with Gasteiger partial charge in [0.1, 0.15) is 15.0 Å². The van der Waals surface area contributed by atoms with Gasteiger partial charge in [-0.3, -0.25) is 5.41 Å². The summed E-state index contributed by atoms with van der Waals surface area (Å²) < 4.78 is 166. The van der Waals surface area contributed by atoms with Crippen molar-refractivity contribution in [1.29, 1.82) is 0 Å². The second kappa shape index (κ2) is 15.3. The molecule has 3 aromatic carbocycles. The smallest absolute Gasteiger partial charge is 0.748 e. The van der Waals surface area contributed by atoms with Gasteiger partial charge in [-0.05, 0) is 48.4 Å². The quantitative estimate of drug-likeness (QED) is 0.0130. The summed E-state index contributed by atoms with van der Waals surface area (Å²) in [5.41, 5.74) is 1.66. The molecule has 5 rings (SSSR count). The fourth-order valence-electron chi connectivity index (χ4n) is 5.21. The maximum atomic E-state index is 14.3. The molecule has 6 N–H and O–H groups in total. The molecule has 54 heavy (non-hydrogen) atoms. The molecule has 0 bridgehead atoms. The molecule has 0 aromatic heterocycles. The van der Waals surface area contributed by atoms with Gasteiger partial charge in [0.25, 0.3) is 0 Å². The molecule has 0 saturated carbocycles. The second-order valence-electron chi connectivity index (χ2n) is 10.9. The van der Waals surface area contributed by atoms with Crippen molar-refractivity contribution in [3.63, 3.8) is 0 Å². The second-order valence-corrected chi connectivity index (χ2v) is 15.5. The van der Waals surface area contributed by atoms with Crippen LogP contribution in [0.1, 0.15) is 27.1 Å². The normalized spacial score (nSPS) is 12.1. The van der Waals surface area contributed by atoms with E-state index >= 15 is 0 Å². The first-order chi connectivity index (χ1) is 24.5. The Hall–Kier alpha value is -4.46. The van der Waals surface area contributed by atoms with Crippen LogP contribution in [0.5, 0.6) is 5.75 Å². The number of nitrogens with one attached hydrogen (secondary N) is 1. The van der Waals surface area contributed by atoms with Gasteiger partial charge in [-0.1, -0.05) is 0 Å². The first-order valence-electron chi connectivity index (χ1n) is 14.3. The molecule has 0 saturated heterocycles. The van der Waals surface area contributed by atoms with Crippen molar-refractivity contribution >= 4 is 58.9 Å². The van der Waals surface area contributed by atoms with Crippen LogP contribution in [0.25, 0.3) is 33.4 Å². The first-order valence-corrected chi connectivity index (χ1v) is 18.7. The van der Waals surface area contributed by atoms with E-state index in [0.29, 0.717) is 0 Å². The molecule has 3 aromatic rings. The predicted octanol–water partition coefficient (Wildman–Crippen LogP) is -1.96. The number of anilines is 1. The molecule has 1 aliphatic heterocycles. The van der Waals surface area contributed by atoms with Crippen molar-refractivity contribution in [2.24, 2.45) is 0 Å². The average Bonchev–Trinajstić information content (AvgIpc) is 3.05. The first kappa shape index (κ1) is 42.3. The molecule has 24 heteroatoms. The molecular formula is C30H20F4N3NaO13S3. The number of rotatable bonds is 11. The summed E-state index contributed by atoms with van der Waals surface area (Å²) >= 11 is 0. The van der Waals surface area contributed by atoms with Gasteiger partial charge in [0, 0.05) is 40.9 Å². The van der Waals surface area contributed by atoms with Crippen LogP contribution in [0.15, 0.2) is 62.7 Å². The van der Waals surface area contributed by atoms with Crippen molar-refractivity contribution < 1.29 is 111 Å². The third-order valence-corrected chi connectivity index (χ3v) is 10.7. The number of fused-ring (bicyclic) bond motifs is 2. The number of hydrogen-bond donors (Lipinski definition) is 4. The third-order valence-electron chi connectivity index (χ3n) is 7.43. The fourth-order valence-corrected chi connectivity index (χ4v) is 7.77. The molecule has 0 spiro atoms. The zero-order chi connectivity index (χ0) is 39.4. The van der Waals surface area contributed by atoms with E-state index in [9.17, 15) is 66.6 Å². The molecule has 0 unspecified atom stereocenters. The van der Waals surface area contributed by atoms with Crippen LogP contribution in [0.3, 0.4) is 0 Å². The van der Waals surface area contributed by atoms with Crippen LogP contribution in [0.4, 0.5) is 23.2 Å². The van der Waals surface area contributed by atoms with Gasteiger partial charge >= 0.3 is 41.5 Å². The summed E-state index contributed by atoms with van der Waals surface area (Å²) in [6.07, 6.45) is -0.517. The molecule has 0 amide bonds. The van der Waals surface area contributed by atoms with Crippen molar-refractivity contribution in [2.45, 2.75) is 16.2 Å². The Morgan fingerprint density at radius 3 is 2.09 bits per heavy atom. The molecule has 0 fully saturated rings. The van der Waals surface area contributed by atoms with Gasteiger partial charge < -0.3 is 29.1 Å². The van der Waals surface area contributed by atoms with Gasteiger partial charge in [0.05, 0.1) is 26.9 Å². The number of nitrogens with two attached hydrogens (primary N) is 2. The minimum Gasteiger partial charge on any atom is -0.748 e. The monoisotopic (exact) mass is 825 g/mol. The van der Waals surface area contributed by atoms with E-state index in [4.69, 9.17) is 15.6 Å². The summed E-state index contributed by atoms with van der Waals surface area (Å²) in [6.45, 7) is -0.656. The number of carbonyl (C=O) groups excluding carboxylic acids is 1. The molecule has 1 aliphatic carbocycles. The number of halogens is 4. The SMILES string of the molecule is Nc1ccc2c(-c3cc(C(=O)Oc4c(F)c(F)cc(F)c4F)ccc3C(=O)O)c3ccc(=[NH2+])c(S(=O)(=O)[O-])c-3oc2c1S(=O)(=O)NCCCS(=O)(=O)[O-].[Na+]. The van der Waals surface area contributed by atoms with Crippen LogP contribution in [0.2, 0.25) is 0 Å². The molecular weight excluding hydrogens is 806 g/mol. The number of hydrogen-bond acceptors (Lipinski definition) is 13. The van der Waals surface area contributed by atoms with Gasteiger partial charge in [-0.25, -0.2) is 48.3 Å². The number of carboxylic acid groups (broad SMARTS) is 1. The summed E-state index contributed by atoms with van der Waals surface area (Å²) in [7, 11) is -15.3. The van der Waals surface area contributed by atoms with Gasteiger partial charge in [-0.2, -0.15) is 8.78 Å². The minimum absolute atomic E-state index is 0. The summed E-state index contributed by atoms with van der Waals surface area (Å²) in [5.74, 6) is -15.2. The third kappa shape index (κ3) is 8.28. The number of esters is 1. The molecule has 0 radical (unpaired) electrons. The maximum absolute atomic E-state index is 14.3. The topological polar surface area (TPSA) is 289 Å². The van der Waals surface area contributed by atoms with Crippen molar-refractivity contribution in [2.75, 3.05) is 18.0 Å². The van der Waals surface area contributed by atoms with Gasteiger partial charge in [0.15, 0.2) is 27.9 Å². The molecule has 1 heterocycles. The molecule has 280 valence electrons. The standard InChI is InChI=1S/C30H21F4N3O13S3.Na/c31-17-11-18(32)23(34)26(22(17)33)50-30(40)12-2-3-13(29(38)39)16(10-12)21-14-4-6-19(35)27(52(44,45)37-8-1-9-51(41,42)43)24(14)49-25-15(21)5-7-20(36)28(25)53(46,47)48;/h2-7,10-11,36-37H,1,8-9,35H2,(H,38,39)(H,41,42,43)(H,46,47,48);/q;+1/p-1. The Kier molecular flexibility index (Phi) is 12.0. The van der Waals surface area contributed by atoms with E-state index in [1.807, 2.05) is 4.72 Å². The van der Waals surface area contributed by atoms with Crippen LogP contribution < -0.4 is 55.5 Å². The van der Waals surface area contributed by atoms with Crippen molar-refractivity contribution in [3.05, 3.63) is 88.3 Å². The predicted molar refractivity (Wildman–Crippen MR) is 168 cm³/mol. The van der Waals surface area contributed by atoms with Gasteiger partial charge in [-0.15, -0.1) is 0 Å². The number of sulfonamides is 1. The number of ether oxygens (including phenoxy) is 1. The van der Waals surface area contributed by atoms with Crippen LogP contribution in [-0.2, 0) is 30.3 Å². The van der Waals surface area contributed by atoms with E-state index in [-0.39, 0.29) is 41.0 Å². The zero-order valence-electron chi connectivity index (χ0n) is 27.0. The van der Waals surface area contributed by atoms with Crippen molar-refractivity contribution in [3.8, 4) is 28.2 Å². The van der Waals surface area contributed by atoms with Crippen molar-refractivity contribution in [1.82, 2.24) is 4.72 Å². The Balaban J connectivity index is 0.00000650. The van der Waals surface area contributed by atoms with E-state index < -0.39 is 150 Å². The molecule has 0 atom stereocenters. The maximum Gasteiger partial charge on any atom is 1.00 e. The molecule has 16 nitrogen and oxygen atoms in total. The van der Waals surface area contributed by atoms with Crippen LogP contribution in [0, 0.1) is 23.3 Å². The number of nitrogen functional groups attached to an aromatic ring is 1. The van der Waals surface area contributed by atoms with E-state index in [0.717, 1.165) is 42.5 Å². The average molecular weight is 826 g/mol. The van der Waals surface area contributed by atoms with Crippen LogP contribution in [-0.4, -0.2) is 63.7 Å². The Morgan fingerprint density at radius 2 is 1.52 bits per heavy atom. The summed E-state index contributed by atoms with van der Waals surface area (Å²) in [4.78, 5) is 23.4. The number of carbonyl (C=O) groups is 2. The largest absolute Gasteiger partial charge is 1.00 e. The number of carboxylic acids is 1. The van der Waals surface area contributed by atoms with E-state index in [1.54, 1.807) is 0 Å². The summed E-state index contributed by atoms with van der Waals surface area (Å²) in [6, 6.07) is 6.10. The zero-order valence-corrected chi connectivity index (χ0v) is 31.4. The van der Waals surface area contributed by atoms with Crippen LogP contribution >= 0.6 is 0 Å². The number of benzene rings is 4. The Morgan fingerprint density at radius 1 is 0.889 bits per heavy atom. The van der Waals surface area contributed by atoms with E-state index in [2.05, 4.69) is 4.74 Å². The summed E-state index contributed by atoms with van der Waals surface area (Å²) in [5, 5.41) is 14.8. The minimum atomic E-state index is -5.59.